The van der Waals surface area contributed by atoms with E-state index in [1.165, 1.54) is 7.11 Å². The molecular weight excluding hydrogens is 202 g/mol. The second-order valence-corrected chi connectivity index (χ2v) is 3.77. The van der Waals surface area contributed by atoms with Crippen LogP contribution in [0.1, 0.15) is 18.4 Å². The van der Waals surface area contributed by atoms with Crippen molar-refractivity contribution < 1.29 is 9.53 Å². The predicted octanol–water partition coefficient (Wildman–Crippen LogP) is 2.89. The molecule has 0 atom stereocenters. The molecule has 0 spiro atoms. The van der Waals surface area contributed by atoms with Gasteiger partial charge in [-0.2, -0.15) is 0 Å². The predicted molar refractivity (Wildman–Crippen MR) is 62.8 cm³/mol. The fourth-order valence-electron chi connectivity index (χ4n) is 1.91. The molecule has 1 heterocycles. The Kier molecular flexibility index (Phi) is 3.25. The summed E-state index contributed by atoms with van der Waals surface area (Å²) in [5, 5.41) is 0. The molecule has 84 valence electrons. The Morgan fingerprint density at radius 2 is 2.12 bits per heavy atom. The summed E-state index contributed by atoms with van der Waals surface area (Å²) >= 11 is 0. The Bertz CT molecular complexity index is 398. The number of hydrogen-bond acceptors (Lipinski definition) is 2. The van der Waals surface area contributed by atoms with Crippen LogP contribution < -0.4 is 0 Å². The van der Waals surface area contributed by atoms with Crippen molar-refractivity contribution in [1.82, 2.24) is 4.90 Å². The molecule has 2 rings (SSSR count). The number of amides is 1. The highest BCUT2D eigenvalue weighted by molar-refractivity contribution is 5.72. The number of methoxy groups -OCH3 is 1. The van der Waals surface area contributed by atoms with E-state index >= 15 is 0 Å². The lowest BCUT2D eigenvalue weighted by Crippen LogP contribution is -2.25. The molecule has 0 unspecified atom stereocenters. The van der Waals surface area contributed by atoms with Crippen LogP contribution in [0.2, 0.25) is 0 Å². The van der Waals surface area contributed by atoms with E-state index in [0.29, 0.717) is 0 Å². The molecule has 1 amide bonds. The topological polar surface area (TPSA) is 29.5 Å². The Hall–Kier alpha value is -1.77. The molecule has 1 aromatic carbocycles. The van der Waals surface area contributed by atoms with Crippen LogP contribution in [0, 0.1) is 0 Å². The fraction of sp³-hybridized carbons (Fsp3) is 0.308. The summed E-state index contributed by atoms with van der Waals surface area (Å²) < 4.78 is 4.75. The first-order valence-corrected chi connectivity index (χ1v) is 5.42. The molecule has 16 heavy (non-hydrogen) atoms. The van der Waals surface area contributed by atoms with Crippen molar-refractivity contribution in [1.29, 1.82) is 0 Å². The lowest BCUT2D eigenvalue weighted by atomic mass is 10.2. The van der Waals surface area contributed by atoms with Crippen LogP contribution in [-0.2, 0) is 4.74 Å². The van der Waals surface area contributed by atoms with E-state index in [4.69, 9.17) is 4.74 Å². The SMILES string of the molecule is COC(=O)N1CCC/C1=C\c1ccccc1. The van der Waals surface area contributed by atoms with Gasteiger partial charge in [-0.25, -0.2) is 4.79 Å². The average Bonchev–Trinajstić information content (AvgIpc) is 2.77. The number of carbonyl (C=O) groups excluding carboxylic acids is 1. The summed E-state index contributed by atoms with van der Waals surface area (Å²) in [6.45, 7) is 0.755. The van der Waals surface area contributed by atoms with Gasteiger partial charge in [-0.1, -0.05) is 30.3 Å². The zero-order valence-electron chi connectivity index (χ0n) is 9.35. The summed E-state index contributed by atoms with van der Waals surface area (Å²) in [7, 11) is 1.42. The van der Waals surface area contributed by atoms with E-state index < -0.39 is 0 Å². The monoisotopic (exact) mass is 217 g/mol. The van der Waals surface area contributed by atoms with Gasteiger partial charge in [-0.3, -0.25) is 4.90 Å². The minimum absolute atomic E-state index is 0.264. The summed E-state index contributed by atoms with van der Waals surface area (Å²) in [5.74, 6) is 0. The second-order valence-electron chi connectivity index (χ2n) is 3.77. The second kappa shape index (κ2) is 4.84. The lowest BCUT2D eigenvalue weighted by Gasteiger charge is -2.15. The van der Waals surface area contributed by atoms with Crippen molar-refractivity contribution in [3.8, 4) is 0 Å². The number of benzene rings is 1. The maximum absolute atomic E-state index is 11.5. The molecule has 0 aromatic heterocycles. The summed E-state index contributed by atoms with van der Waals surface area (Å²) in [5.41, 5.74) is 2.16. The number of rotatable bonds is 1. The van der Waals surface area contributed by atoms with E-state index in [1.54, 1.807) is 4.90 Å². The van der Waals surface area contributed by atoms with Crippen molar-refractivity contribution in [3.05, 3.63) is 41.6 Å². The zero-order valence-corrected chi connectivity index (χ0v) is 9.35. The van der Waals surface area contributed by atoms with Gasteiger partial charge in [0.2, 0.25) is 0 Å². The van der Waals surface area contributed by atoms with E-state index in [2.05, 4.69) is 0 Å². The standard InChI is InChI=1S/C13H15NO2/c1-16-13(15)14-9-5-8-12(14)10-11-6-3-2-4-7-11/h2-4,6-7,10H,5,8-9H2,1H3/b12-10+. The highest BCUT2D eigenvalue weighted by atomic mass is 16.5. The molecule has 1 fully saturated rings. The molecule has 1 aliphatic heterocycles. The smallest absolute Gasteiger partial charge is 0.413 e. The fourth-order valence-corrected chi connectivity index (χ4v) is 1.91. The molecule has 1 saturated heterocycles. The molecule has 0 bridgehead atoms. The Labute approximate surface area is 95.3 Å². The maximum Gasteiger partial charge on any atom is 0.413 e. The van der Waals surface area contributed by atoms with Crippen LogP contribution in [0.3, 0.4) is 0 Å². The van der Waals surface area contributed by atoms with E-state index in [-0.39, 0.29) is 6.09 Å². The molecular formula is C13H15NO2. The molecule has 3 nitrogen and oxygen atoms in total. The first-order valence-electron chi connectivity index (χ1n) is 5.42. The first-order chi connectivity index (χ1) is 7.81. The molecule has 0 saturated carbocycles. The van der Waals surface area contributed by atoms with Crippen LogP contribution in [0.4, 0.5) is 4.79 Å². The molecule has 0 radical (unpaired) electrons. The number of likely N-dealkylation sites (tertiary alicyclic amines) is 1. The summed E-state index contributed by atoms with van der Waals surface area (Å²) in [6.07, 6.45) is 3.72. The van der Waals surface area contributed by atoms with Crippen LogP contribution >= 0.6 is 0 Å². The normalized spacial score (nSPS) is 17.8. The van der Waals surface area contributed by atoms with Gasteiger partial charge in [0.25, 0.3) is 0 Å². The third-order valence-corrected chi connectivity index (χ3v) is 2.69. The Morgan fingerprint density at radius 3 is 2.81 bits per heavy atom. The number of hydrogen-bond donors (Lipinski definition) is 0. The average molecular weight is 217 g/mol. The minimum Gasteiger partial charge on any atom is -0.452 e. The van der Waals surface area contributed by atoms with Gasteiger partial charge >= 0.3 is 6.09 Å². The van der Waals surface area contributed by atoms with Gasteiger partial charge in [-0.15, -0.1) is 0 Å². The lowest BCUT2D eigenvalue weighted by molar-refractivity contribution is 0.141. The Balaban J connectivity index is 2.20. The zero-order chi connectivity index (χ0) is 11.4. The van der Waals surface area contributed by atoms with Crippen LogP contribution in [0.25, 0.3) is 6.08 Å². The van der Waals surface area contributed by atoms with E-state index in [0.717, 1.165) is 30.6 Å². The number of ether oxygens (including phenoxy) is 1. The molecule has 1 aromatic rings. The number of carbonyl (C=O) groups is 1. The maximum atomic E-state index is 11.5. The van der Waals surface area contributed by atoms with E-state index in [1.807, 2.05) is 36.4 Å². The van der Waals surface area contributed by atoms with Gasteiger partial charge < -0.3 is 4.74 Å². The molecule has 1 aliphatic rings. The highest BCUT2D eigenvalue weighted by Crippen LogP contribution is 2.24. The highest BCUT2D eigenvalue weighted by Gasteiger charge is 2.23. The molecule has 0 N–H and O–H groups in total. The van der Waals surface area contributed by atoms with Crippen molar-refractivity contribution >= 4 is 12.2 Å². The van der Waals surface area contributed by atoms with Crippen LogP contribution in [0.5, 0.6) is 0 Å². The molecule has 3 heteroatoms. The van der Waals surface area contributed by atoms with Gasteiger partial charge in [-0.05, 0) is 24.5 Å². The largest absolute Gasteiger partial charge is 0.452 e. The third kappa shape index (κ3) is 2.24. The van der Waals surface area contributed by atoms with Crippen molar-refractivity contribution in [2.45, 2.75) is 12.8 Å². The minimum atomic E-state index is -0.264. The molecule has 0 aliphatic carbocycles. The summed E-state index contributed by atoms with van der Waals surface area (Å²) in [4.78, 5) is 13.2. The summed E-state index contributed by atoms with van der Waals surface area (Å²) in [6, 6.07) is 10.0. The van der Waals surface area contributed by atoms with E-state index in [9.17, 15) is 4.79 Å². The first kappa shape index (κ1) is 10.7. The van der Waals surface area contributed by atoms with Crippen LogP contribution in [0.15, 0.2) is 36.0 Å². The third-order valence-electron chi connectivity index (χ3n) is 2.69. The quantitative estimate of drug-likeness (QED) is 0.723. The number of allylic oxidation sites excluding steroid dienone is 1. The van der Waals surface area contributed by atoms with Gasteiger partial charge in [0, 0.05) is 12.2 Å². The van der Waals surface area contributed by atoms with Crippen molar-refractivity contribution in [2.24, 2.45) is 0 Å². The van der Waals surface area contributed by atoms with Crippen molar-refractivity contribution in [2.75, 3.05) is 13.7 Å². The van der Waals surface area contributed by atoms with Gasteiger partial charge in [0.05, 0.1) is 7.11 Å². The van der Waals surface area contributed by atoms with Crippen molar-refractivity contribution in [3.63, 3.8) is 0 Å². The Morgan fingerprint density at radius 1 is 1.38 bits per heavy atom. The van der Waals surface area contributed by atoms with Crippen LogP contribution in [-0.4, -0.2) is 24.6 Å². The number of nitrogens with zero attached hydrogens (tertiary/aromatic N) is 1. The van der Waals surface area contributed by atoms with Gasteiger partial charge in [0.1, 0.15) is 0 Å². The van der Waals surface area contributed by atoms with Gasteiger partial charge in [0.15, 0.2) is 0 Å².